The van der Waals surface area contributed by atoms with Crippen molar-refractivity contribution in [1.29, 1.82) is 5.26 Å². The van der Waals surface area contributed by atoms with Gasteiger partial charge < -0.3 is 38.8 Å². The molecule has 9 rings (SSSR count). The summed E-state index contributed by atoms with van der Waals surface area (Å²) in [5, 5.41) is 25.5. The number of nitrogens with one attached hydrogen (secondary N) is 1. The number of phenolic OH excluding ortho intramolecular Hbond substituents is 1. The maximum Gasteiger partial charge on any atom is 0.329 e. The average molecular weight is 982 g/mol. The van der Waals surface area contributed by atoms with Crippen LogP contribution in [0.3, 0.4) is 0 Å². The molecule has 6 aliphatic rings. The smallest absolute Gasteiger partial charge is 0.329 e. The van der Waals surface area contributed by atoms with Crippen LogP contribution in [-0.2, 0) is 25.5 Å². The van der Waals surface area contributed by atoms with Gasteiger partial charge in [0.15, 0.2) is 29.8 Å². The molecule has 285 valence electrons. The molecule has 3 aromatic carbocycles. The summed E-state index contributed by atoms with van der Waals surface area (Å²) in [5.41, 5.74) is 5.50. The van der Waals surface area contributed by atoms with Crippen molar-refractivity contribution in [3.8, 4) is 34.8 Å². The number of carbonyl (C=O) groups excluding carboxylic acids is 2. The van der Waals surface area contributed by atoms with E-state index in [1.807, 2.05) is 44.3 Å². The summed E-state index contributed by atoms with van der Waals surface area (Å²) in [7, 11) is 5.20. The number of aryl methyl sites for hydroxylation is 1. The van der Waals surface area contributed by atoms with Gasteiger partial charge in [0, 0.05) is 97.3 Å². The van der Waals surface area contributed by atoms with Crippen molar-refractivity contribution in [1.82, 2.24) is 15.1 Å². The molecule has 2 fully saturated rings. The van der Waals surface area contributed by atoms with Gasteiger partial charge in [-0.25, -0.2) is 4.79 Å². The molecule has 55 heavy (non-hydrogen) atoms. The summed E-state index contributed by atoms with van der Waals surface area (Å²) in [5.74, 6) is 1.19. The van der Waals surface area contributed by atoms with Crippen molar-refractivity contribution in [3.05, 3.63) is 81.4 Å². The van der Waals surface area contributed by atoms with Crippen LogP contribution < -0.4 is 24.3 Å². The number of hydrogen-bond acceptors (Lipinski definition) is 13. The van der Waals surface area contributed by atoms with E-state index in [9.17, 15) is 20.0 Å². The Hall–Kier alpha value is -3.50. The SMILES string of the molecule is COCOc1c(OC)c(C)cc2c1[C@@H]1C3[C@@H]4SC[C@H](NC(=O)/C=C/c5ccccc5)C(=O)OC[C@@H](c5c6c(c(C)c(O)c54)OCO6)N3[C@@H](C#N)[C@H](C2)N1C.[Ac]. The maximum absolute atomic E-state index is 13.8. The number of nitriles is 1. The van der Waals surface area contributed by atoms with Crippen LogP contribution in [0.1, 0.15) is 56.3 Å². The van der Waals surface area contributed by atoms with Crippen molar-refractivity contribution in [2.45, 2.75) is 61.8 Å². The van der Waals surface area contributed by atoms with E-state index < -0.39 is 41.3 Å². The molecule has 13 nitrogen and oxygen atoms in total. The topological polar surface area (TPSA) is 152 Å². The Balaban J connectivity index is 0.00000465. The number of phenols is 1. The number of carbonyl (C=O) groups is 2. The van der Waals surface area contributed by atoms with E-state index in [-0.39, 0.29) is 87.8 Å². The first kappa shape index (κ1) is 39.7. The zero-order valence-corrected chi connectivity index (χ0v) is 36.8. The number of aromatic hydroxyl groups is 1. The molecule has 1 amide bonds. The van der Waals surface area contributed by atoms with Gasteiger partial charge in [0.1, 0.15) is 24.4 Å². The fourth-order valence-corrected chi connectivity index (χ4v) is 10.5. The third-order valence-electron chi connectivity index (χ3n) is 11.3. The molecule has 6 aliphatic heterocycles. The second-order valence-corrected chi connectivity index (χ2v) is 15.3. The summed E-state index contributed by atoms with van der Waals surface area (Å²) in [6.45, 7) is 3.56. The molecule has 1 radical (unpaired) electrons. The number of fused-ring (bicyclic) bond motifs is 10. The van der Waals surface area contributed by atoms with Gasteiger partial charge in [0.2, 0.25) is 12.7 Å². The van der Waals surface area contributed by atoms with Gasteiger partial charge in [-0.1, -0.05) is 36.4 Å². The van der Waals surface area contributed by atoms with Crippen LogP contribution in [0.4, 0.5) is 0 Å². The maximum atomic E-state index is 13.8. The van der Waals surface area contributed by atoms with E-state index in [2.05, 4.69) is 27.3 Å². The first-order valence-electron chi connectivity index (χ1n) is 17.9. The number of likely N-dealkylation sites (N-methyl/N-ethyl adjacent to an activating group) is 1. The number of benzene rings is 3. The second-order valence-electron chi connectivity index (χ2n) is 14.1. The van der Waals surface area contributed by atoms with Crippen LogP contribution in [-0.4, -0.2) is 98.2 Å². The molecule has 1 unspecified atom stereocenters. The third kappa shape index (κ3) is 6.67. The molecule has 7 atom stereocenters. The van der Waals surface area contributed by atoms with E-state index >= 15 is 0 Å². The number of thioether (sulfide) groups is 1. The normalized spacial score (nSPS) is 26.5. The molecule has 0 aliphatic carbocycles. The van der Waals surface area contributed by atoms with E-state index in [1.165, 1.54) is 17.8 Å². The molecular formula is C40H42AcN4O9S. The Morgan fingerprint density at radius 3 is 2.60 bits per heavy atom. The summed E-state index contributed by atoms with van der Waals surface area (Å²) in [6.07, 6.45) is 3.63. The van der Waals surface area contributed by atoms with E-state index in [1.54, 1.807) is 27.2 Å². The van der Waals surface area contributed by atoms with Crippen molar-refractivity contribution >= 4 is 29.7 Å². The quantitative estimate of drug-likeness (QED) is 0.195. The predicted octanol–water partition coefficient (Wildman–Crippen LogP) is 4.49. The number of esters is 1. The van der Waals surface area contributed by atoms with Gasteiger partial charge in [0.05, 0.1) is 30.5 Å². The van der Waals surface area contributed by atoms with Crippen molar-refractivity contribution in [3.63, 3.8) is 0 Å². The molecule has 2 saturated heterocycles. The molecule has 3 aromatic rings. The third-order valence-corrected chi connectivity index (χ3v) is 12.7. The van der Waals surface area contributed by atoms with Gasteiger partial charge in [-0.15, -0.1) is 11.8 Å². The van der Waals surface area contributed by atoms with Crippen LogP contribution in [0.2, 0.25) is 0 Å². The van der Waals surface area contributed by atoms with E-state index in [0.717, 1.165) is 22.3 Å². The van der Waals surface area contributed by atoms with Gasteiger partial charge in [-0.2, -0.15) is 5.26 Å². The Bertz CT molecular complexity index is 2080. The predicted molar refractivity (Wildman–Crippen MR) is 199 cm³/mol. The molecule has 0 spiro atoms. The van der Waals surface area contributed by atoms with E-state index in [0.29, 0.717) is 46.1 Å². The minimum absolute atomic E-state index is 0. The summed E-state index contributed by atoms with van der Waals surface area (Å²) in [4.78, 5) is 31.5. The average Bonchev–Trinajstić information content (AvgIpc) is 3.66. The number of ether oxygens (including phenoxy) is 6. The molecule has 0 aromatic heterocycles. The number of piperazine rings is 1. The monoisotopic (exact) mass is 981 g/mol. The standard InChI is InChI=1S/C40H42N4O9S.Ac/c1-20-13-23-14-25-26(15-41)44-27-16-50-40(47)24(42-28(45)12-11-22-9-7-6-8-10-22)17-54-39(31-30(27)38-36(52-19-53-38)21(2)34(31)46)33(44)32(43(25)3)29(23)37(35(20)49-5)51-18-48-4;/h6-13,24-27,32-33,39,46H,14,16-19H2,1-5H3,(H,42,45);/b12-11+;/t24-,25-,26-,27-,32+,33?,39+;/m0./s1. The Kier molecular flexibility index (Phi) is 11.7. The van der Waals surface area contributed by atoms with Gasteiger partial charge in [-0.05, 0) is 50.1 Å². The van der Waals surface area contributed by atoms with E-state index in [4.69, 9.17) is 28.4 Å². The molecule has 15 heteroatoms. The van der Waals surface area contributed by atoms with Crippen LogP contribution in [0.5, 0.6) is 28.7 Å². The number of hydrogen-bond donors (Lipinski definition) is 2. The first-order chi connectivity index (χ1) is 26.2. The van der Waals surface area contributed by atoms with Crippen molar-refractivity contribution in [2.24, 2.45) is 0 Å². The van der Waals surface area contributed by atoms with Crippen LogP contribution in [0.15, 0.2) is 42.5 Å². The number of methoxy groups -OCH3 is 2. The van der Waals surface area contributed by atoms with Crippen molar-refractivity contribution < 1.29 is 87.2 Å². The first-order valence-corrected chi connectivity index (χ1v) is 18.9. The van der Waals surface area contributed by atoms with Crippen LogP contribution in [0, 0.1) is 69.2 Å². The molecular weight excluding hydrogens is 940 g/mol. The van der Waals surface area contributed by atoms with Gasteiger partial charge in [0.25, 0.3) is 0 Å². The zero-order chi connectivity index (χ0) is 37.8. The Morgan fingerprint density at radius 1 is 1.11 bits per heavy atom. The molecule has 6 heterocycles. The fraction of sp³-hybridized carbons (Fsp3) is 0.425. The van der Waals surface area contributed by atoms with Crippen LogP contribution in [0.25, 0.3) is 6.08 Å². The minimum Gasteiger partial charge on any atom is -0.507 e. The largest absolute Gasteiger partial charge is 0.507 e. The summed E-state index contributed by atoms with van der Waals surface area (Å²) in [6, 6.07) is 10.7. The fourth-order valence-electron chi connectivity index (χ4n) is 9.00. The Labute approximate surface area is 359 Å². The van der Waals surface area contributed by atoms with Gasteiger partial charge in [-0.3, -0.25) is 14.6 Å². The number of amides is 1. The summed E-state index contributed by atoms with van der Waals surface area (Å²) >= 11 is 1.42. The molecule has 4 bridgehead atoms. The zero-order valence-electron chi connectivity index (χ0n) is 31.2. The van der Waals surface area contributed by atoms with Gasteiger partial charge >= 0.3 is 5.97 Å². The van der Waals surface area contributed by atoms with Crippen molar-refractivity contribution in [2.75, 3.05) is 47.2 Å². The molecule has 0 saturated carbocycles. The number of rotatable bonds is 7. The minimum atomic E-state index is -1.00. The summed E-state index contributed by atoms with van der Waals surface area (Å²) < 4.78 is 35.8. The number of nitrogens with zero attached hydrogens (tertiary/aromatic N) is 3. The second kappa shape index (κ2) is 16.2. The van der Waals surface area contributed by atoms with Crippen LogP contribution >= 0.6 is 11.8 Å². The Morgan fingerprint density at radius 2 is 1.87 bits per heavy atom. The molecule has 2 N–H and O–H groups in total.